The SMILES string of the molecule is CC(C)(C)OC(=O)N1CCC[C@@H](Oc2cc(Cl)c(C(=O)N3COc4c(cccc4-c4cc(N5CCOCC5)c(C(=O)O)cc4F)C3)c(Cl)c2)C1. The molecule has 0 unspecified atom stereocenters. The molecule has 11 nitrogen and oxygen atoms in total. The van der Waals surface area contributed by atoms with Gasteiger partial charge in [-0.1, -0.05) is 41.4 Å². The highest BCUT2D eigenvalue weighted by atomic mass is 35.5. The van der Waals surface area contributed by atoms with E-state index in [9.17, 15) is 19.5 Å². The van der Waals surface area contributed by atoms with Crippen LogP contribution >= 0.6 is 23.2 Å². The second-order valence-corrected chi connectivity index (χ2v) is 14.2. The lowest BCUT2D eigenvalue weighted by Crippen LogP contribution is -2.46. The second-order valence-electron chi connectivity index (χ2n) is 13.4. The van der Waals surface area contributed by atoms with Gasteiger partial charge in [-0.25, -0.2) is 14.0 Å². The molecule has 3 aromatic carbocycles. The molecule has 0 bridgehead atoms. The van der Waals surface area contributed by atoms with Gasteiger partial charge in [0.1, 0.15) is 29.0 Å². The van der Waals surface area contributed by atoms with Crippen molar-refractivity contribution in [2.45, 2.75) is 51.9 Å². The lowest BCUT2D eigenvalue weighted by molar-refractivity contribution is 0.00772. The Labute approximate surface area is 299 Å². The Hall–Kier alpha value is -4.26. The molecule has 0 aliphatic carbocycles. The van der Waals surface area contributed by atoms with E-state index >= 15 is 4.39 Å². The molecule has 0 saturated carbocycles. The number of fused-ring (bicyclic) bond motifs is 1. The van der Waals surface area contributed by atoms with Gasteiger partial charge in [-0.3, -0.25) is 4.79 Å². The third kappa shape index (κ3) is 7.72. The molecule has 0 spiro atoms. The van der Waals surface area contributed by atoms with Crippen LogP contribution < -0.4 is 14.4 Å². The van der Waals surface area contributed by atoms with Crippen LogP contribution in [0.15, 0.2) is 42.5 Å². The number of benzene rings is 3. The zero-order chi connectivity index (χ0) is 35.7. The number of carbonyl (C=O) groups excluding carboxylic acids is 2. The number of aromatic carboxylic acids is 1. The van der Waals surface area contributed by atoms with Crippen molar-refractivity contribution >= 4 is 46.9 Å². The number of piperidine rings is 1. The quantitative estimate of drug-likeness (QED) is 0.283. The van der Waals surface area contributed by atoms with Crippen LogP contribution in [0.4, 0.5) is 14.9 Å². The molecule has 3 heterocycles. The van der Waals surface area contributed by atoms with E-state index in [0.717, 1.165) is 12.5 Å². The molecule has 3 aliphatic heterocycles. The van der Waals surface area contributed by atoms with Gasteiger partial charge < -0.3 is 38.8 Å². The Bertz CT molecular complexity index is 1790. The largest absolute Gasteiger partial charge is 0.488 e. The van der Waals surface area contributed by atoms with Gasteiger partial charge in [0, 0.05) is 36.3 Å². The summed E-state index contributed by atoms with van der Waals surface area (Å²) in [6.07, 6.45) is 0.722. The third-order valence-electron chi connectivity index (χ3n) is 8.63. The zero-order valence-electron chi connectivity index (χ0n) is 28.0. The van der Waals surface area contributed by atoms with Crippen molar-refractivity contribution in [3.8, 4) is 22.6 Å². The Balaban J connectivity index is 1.19. The molecule has 2 saturated heterocycles. The molecule has 3 aliphatic rings. The summed E-state index contributed by atoms with van der Waals surface area (Å²) >= 11 is 13.2. The Morgan fingerprint density at radius 1 is 0.980 bits per heavy atom. The van der Waals surface area contributed by atoms with Gasteiger partial charge in [-0.2, -0.15) is 0 Å². The molecule has 0 radical (unpaired) electrons. The van der Waals surface area contributed by atoms with E-state index in [0.29, 0.717) is 74.1 Å². The highest BCUT2D eigenvalue weighted by molar-refractivity contribution is 6.39. The molecule has 2 amide bonds. The van der Waals surface area contributed by atoms with Crippen LogP contribution in [0, 0.1) is 5.82 Å². The maximum absolute atomic E-state index is 15.5. The van der Waals surface area contributed by atoms with Crippen molar-refractivity contribution < 1.29 is 42.8 Å². The van der Waals surface area contributed by atoms with Crippen LogP contribution in [0.3, 0.4) is 0 Å². The predicted octanol–water partition coefficient (Wildman–Crippen LogP) is 7.10. The van der Waals surface area contributed by atoms with Gasteiger partial charge in [0.15, 0.2) is 6.73 Å². The van der Waals surface area contributed by atoms with Crippen LogP contribution in [0.2, 0.25) is 10.0 Å². The first-order valence-electron chi connectivity index (χ1n) is 16.4. The van der Waals surface area contributed by atoms with Crippen LogP contribution in [0.5, 0.6) is 11.5 Å². The number of anilines is 1. The van der Waals surface area contributed by atoms with E-state index in [2.05, 4.69) is 0 Å². The number of carbonyl (C=O) groups is 3. The van der Waals surface area contributed by atoms with Gasteiger partial charge in [0.05, 0.1) is 53.2 Å². The van der Waals surface area contributed by atoms with Gasteiger partial charge in [0.2, 0.25) is 0 Å². The number of morpholine rings is 1. The van der Waals surface area contributed by atoms with E-state index in [1.54, 1.807) is 23.1 Å². The van der Waals surface area contributed by atoms with Crippen molar-refractivity contribution in [3.63, 3.8) is 0 Å². The summed E-state index contributed by atoms with van der Waals surface area (Å²) in [5.74, 6) is -1.65. The van der Waals surface area contributed by atoms with Crippen LogP contribution in [0.1, 0.15) is 59.9 Å². The number of ether oxygens (including phenoxy) is 4. The molecule has 50 heavy (non-hydrogen) atoms. The average molecular weight is 731 g/mol. The van der Waals surface area contributed by atoms with Crippen molar-refractivity contribution in [1.29, 1.82) is 0 Å². The fourth-order valence-electron chi connectivity index (χ4n) is 6.32. The number of hydrogen-bond acceptors (Lipinski definition) is 8. The second kappa shape index (κ2) is 14.5. The molecule has 0 aromatic heterocycles. The van der Waals surface area contributed by atoms with Gasteiger partial charge >= 0.3 is 12.1 Å². The number of likely N-dealkylation sites (tertiary alicyclic amines) is 1. The van der Waals surface area contributed by atoms with E-state index in [1.807, 2.05) is 25.7 Å². The lowest BCUT2D eigenvalue weighted by Gasteiger charge is -2.34. The molecule has 3 aromatic rings. The van der Waals surface area contributed by atoms with Crippen LogP contribution in [-0.4, -0.2) is 90.7 Å². The number of halogens is 3. The predicted molar refractivity (Wildman–Crippen MR) is 185 cm³/mol. The third-order valence-corrected chi connectivity index (χ3v) is 9.23. The zero-order valence-corrected chi connectivity index (χ0v) is 29.5. The minimum absolute atomic E-state index is 0.0772. The summed E-state index contributed by atoms with van der Waals surface area (Å²) in [7, 11) is 0. The van der Waals surface area contributed by atoms with Gasteiger partial charge in [0.25, 0.3) is 5.91 Å². The van der Waals surface area contributed by atoms with Gasteiger partial charge in [-0.05, 0) is 57.9 Å². The normalized spacial score (nSPS) is 17.9. The van der Waals surface area contributed by atoms with Crippen molar-refractivity contribution in [1.82, 2.24) is 9.80 Å². The van der Waals surface area contributed by atoms with Gasteiger partial charge in [-0.15, -0.1) is 0 Å². The summed E-state index contributed by atoms with van der Waals surface area (Å²) < 4.78 is 38.7. The first-order chi connectivity index (χ1) is 23.8. The maximum atomic E-state index is 15.5. The fourth-order valence-corrected chi connectivity index (χ4v) is 6.95. The Morgan fingerprint density at radius 2 is 1.70 bits per heavy atom. The van der Waals surface area contributed by atoms with Crippen molar-refractivity contribution in [3.05, 3.63) is 75.0 Å². The van der Waals surface area contributed by atoms with E-state index in [4.69, 9.17) is 42.1 Å². The number of carboxylic acids is 1. The lowest BCUT2D eigenvalue weighted by atomic mass is 9.97. The number of rotatable bonds is 6. The number of nitrogens with zero attached hydrogens (tertiary/aromatic N) is 3. The number of para-hydroxylation sites is 1. The average Bonchev–Trinajstić information content (AvgIpc) is 3.07. The summed E-state index contributed by atoms with van der Waals surface area (Å²) in [6, 6.07) is 10.8. The standard InChI is InChI=1S/C36H38Cl2FN3O8/c1-36(2,3)50-35(46)41-9-5-7-22(19-41)49-23-14-27(37)31(28(38)15-23)33(43)42-18-21-6-4-8-24(32(21)48-20-42)25-17-30(40-10-12-47-13-11-40)26(34(44)45)16-29(25)39/h4,6,8,14-17,22H,5,7,9-13,18-20H2,1-3H3,(H,44,45)/t22-/m1/s1. The van der Waals surface area contributed by atoms with Crippen molar-refractivity contribution in [2.75, 3.05) is 51.0 Å². The van der Waals surface area contributed by atoms with Crippen molar-refractivity contribution in [2.24, 2.45) is 0 Å². The smallest absolute Gasteiger partial charge is 0.410 e. The Morgan fingerprint density at radius 3 is 2.38 bits per heavy atom. The molecule has 6 rings (SSSR count). The van der Waals surface area contributed by atoms with Crippen LogP contribution in [0.25, 0.3) is 11.1 Å². The number of amides is 2. The maximum Gasteiger partial charge on any atom is 0.410 e. The minimum Gasteiger partial charge on any atom is -0.488 e. The summed E-state index contributed by atoms with van der Waals surface area (Å²) in [4.78, 5) is 43.3. The minimum atomic E-state index is -1.23. The monoisotopic (exact) mass is 729 g/mol. The summed E-state index contributed by atoms with van der Waals surface area (Å²) in [6.45, 7) is 8.10. The molecule has 1 N–H and O–H groups in total. The molecule has 2 fully saturated rings. The highest BCUT2D eigenvalue weighted by Gasteiger charge is 2.32. The molecule has 1 atom stereocenters. The van der Waals surface area contributed by atoms with E-state index in [1.165, 1.54) is 23.1 Å². The Kier molecular flexibility index (Phi) is 10.3. The first kappa shape index (κ1) is 35.6. The molecule has 266 valence electrons. The first-order valence-corrected chi connectivity index (χ1v) is 17.1. The highest BCUT2D eigenvalue weighted by Crippen LogP contribution is 2.41. The molecular formula is C36H38Cl2FN3O8. The van der Waals surface area contributed by atoms with Crippen LogP contribution in [-0.2, 0) is 16.0 Å². The summed E-state index contributed by atoms with van der Waals surface area (Å²) in [5, 5.41) is 9.99. The van der Waals surface area contributed by atoms with E-state index in [-0.39, 0.29) is 46.1 Å². The topological polar surface area (TPSA) is 118 Å². The molecule has 14 heteroatoms. The van der Waals surface area contributed by atoms with E-state index < -0.39 is 29.4 Å². The summed E-state index contributed by atoms with van der Waals surface area (Å²) in [5.41, 5.74) is 0.958. The number of hydrogen-bond donors (Lipinski definition) is 1. The number of carboxylic acid groups (broad SMARTS) is 1. The fraction of sp³-hybridized carbons (Fsp3) is 0.417. The molecular weight excluding hydrogens is 692 g/mol.